The van der Waals surface area contributed by atoms with E-state index < -0.39 is 5.60 Å². The third-order valence-electron chi connectivity index (χ3n) is 7.87. The van der Waals surface area contributed by atoms with E-state index in [-0.39, 0.29) is 6.04 Å². The van der Waals surface area contributed by atoms with Gasteiger partial charge >= 0.3 is 0 Å². The number of nitrogens with zero attached hydrogens (tertiary/aromatic N) is 3. The molecule has 3 heterocycles. The van der Waals surface area contributed by atoms with E-state index in [2.05, 4.69) is 26.9 Å². The highest BCUT2D eigenvalue weighted by molar-refractivity contribution is 6.30. The molecule has 8 heteroatoms. The van der Waals surface area contributed by atoms with Crippen LogP contribution in [0.3, 0.4) is 0 Å². The van der Waals surface area contributed by atoms with Crippen LogP contribution < -0.4 is 10.5 Å². The maximum absolute atomic E-state index is 11.5. The number of hydrogen-bond donors (Lipinski definition) is 2. The van der Waals surface area contributed by atoms with Gasteiger partial charge in [0.15, 0.2) is 0 Å². The largest absolute Gasteiger partial charge is 0.487 e. The van der Waals surface area contributed by atoms with Crippen molar-refractivity contribution in [2.24, 2.45) is 0 Å². The van der Waals surface area contributed by atoms with E-state index in [1.54, 1.807) is 26.1 Å². The third kappa shape index (κ3) is 6.39. The van der Waals surface area contributed by atoms with Crippen LogP contribution >= 0.6 is 11.6 Å². The number of fused-ring (bicyclic) bond motifs is 2. The van der Waals surface area contributed by atoms with Gasteiger partial charge in [-0.15, -0.1) is 0 Å². The van der Waals surface area contributed by atoms with Crippen LogP contribution in [-0.2, 0) is 23.5 Å². The van der Waals surface area contributed by atoms with Gasteiger partial charge in [0.05, 0.1) is 17.8 Å². The molecule has 0 amide bonds. The Morgan fingerprint density at radius 3 is 2.85 bits per heavy atom. The molecular formula is C32H37ClN4O3. The standard InChI is InChI=1S/C32H37ClN4O3/c1-32(2,39)23-8-10-31-28(17-23)26(27-5-3-12-35-30(27)21-40-31)6-4-13-36-14-11-25(20-36)37(15-16-38)19-22-7-9-24(33)18-29(22)34/h3,5-10,12,16-18,25,39H,4,11,13-15,19-21,34H2,1-2H3/b26-6+/t25-/m1/s1. The number of aliphatic hydroxyl groups is 1. The molecule has 0 saturated carbocycles. The summed E-state index contributed by atoms with van der Waals surface area (Å²) in [6.07, 6.45) is 6.88. The van der Waals surface area contributed by atoms with Gasteiger partial charge in [-0.25, -0.2) is 0 Å². The molecular weight excluding hydrogens is 524 g/mol. The van der Waals surface area contributed by atoms with Gasteiger partial charge in [0.25, 0.3) is 0 Å². The fourth-order valence-electron chi connectivity index (χ4n) is 5.63. The predicted octanol–water partition coefficient (Wildman–Crippen LogP) is 5.03. The fraction of sp³-hybridized carbons (Fsp3) is 0.375. The number of aldehydes is 1. The van der Waals surface area contributed by atoms with E-state index in [0.717, 1.165) is 78.0 Å². The average molecular weight is 561 g/mol. The van der Waals surface area contributed by atoms with Gasteiger partial charge in [-0.1, -0.05) is 35.9 Å². The lowest BCUT2D eigenvalue weighted by Gasteiger charge is -2.27. The number of anilines is 1. The number of carbonyl (C=O) groups is 1. The molecule has 0 bridgehead atoms. The van der Waals surface area contributed by atoms with Crippen molar-refractivity contribution in [3.63, 3.8) is 0 Å². The normalized spacial score (nSPS) is 18.3. The molecule has 0 spiro atoms. The van der Waals surface area contributed by atoms with Crippen LogP contribution in [0, 0.1) is 0 Å². The number of benzene rings is 2. The Morgan fingerprint density at radius 1 is 1.23 bits per heavy atom. The second kappa shape index (κ2) is 12.1. The molecule has 1 atom stereocenters. The van der Waals surface area contributed by atoms with E-state index in [1.165, 1.54) is 0 Å². The minimum Gasteiger partial charge on any atom is -0.487 e. The number of hydrogen-bond acceptors (Lipinski definition) is 7. The van der Waals surface area contributed by atoms with Crippen LogP contribution in [0.2, 0.25) is 5.02 Å². The highest BCUT2D eigenvalue weighted by Gasteiger charge is 2.28. The van der Waals surface area contributed by atoms with Gasteiger partial charge in [0.2, 0.25) is 0 Å². The number of likely N-dealkylation sites (tertiary alicyclic amines) is 1. The van der Waals surface area contributed by atoms with Gasteiger partial charge in [0, 0.05) is 53.7 Å². The number of aromatic nitrogens is 1. The molecule has 0 radical (unpaired) electrons. The third-order valence-corrected chi connectivity index (χ3v) is 8.10. The second-order valence-corrected chi connectivity index (χ2v) is 11.6. The SMILES string of the molecule is CC(C)(O)c1ccc2c(c1)/C(=C/CCN1CC[C@@H](N(CC=O)Cc3ccc(Cl)cc3N)C1)c1cccnc1CO2. The van der Waals surface area contributed by atoms with E-state index in [1.807, 2.05) is 36.4 Å². The summed E-state index contributed by atoms with van der Waals surface area (Å²) in [4.78, 5) is 20.8. The molecule has 1 fully saturated rings. The van der Waals surface area contributed by atoms with Gasteiger partial charge in [-0.05, 0) is 80.3 Å². The average Bonchev–Trinajstić information content (AvgIpc) is 3.33. The molecule has 3 aromatic rings. The van der Waals surface area contributed by atoms with Crippen molar-refractivity contribution in [1.29, 1.82) is 0 Å². The molecule has 7 nitrogen and oxygen atoms in total. The smallest absolute Gasteiger partial charge is 0.134 e. The zero-order valence-electron chi connectivity index (χ0n) is 23.1. The molecule has 210 valence electrons. The monoisotopic (exact) mass is 560 g/mol. The first kappa shape index (κ1) is 28.3. The summed E-state index contributed by atoms with van der Waals surface area (Å²) >= 11 is 6.08. The van der Waals surface area contributed by atoms with E-state index >= 15 is 0 Å². The van der Waals surface area contributed by atoms with Crippen LogP contribution in [-0.4, -0.2) is 58.4 Å². The second-order valence-electron chi connectivity index (χ2n) is 11.1. The molecule has 2 aromatic carbocycles. The molecule has 5 rings (SSSR count). The van der Waals surface area contributed by atoms with E-state index in [4.69, 9.17) is 22.1 Å². The number of ether oxygens (including phenoxy) is 1. The van der Waals surface area contributed by atoms with Gasteiger partial charge in [-0.2, -0.15) is 0 Å². The Kier molecular flexibility index (Phi) is 8.57. The lowest BCUT2D eigenvalue weighted by atomic mass is 9.90. The first-order chi connectivity index (χ1) is 19.2. The highest BCUT2D eigenvalue weighted by atomic mass is 35.5. The minimum absolute atomic E-state index is 0.277. The Balaban J connectivity index is 1.32. The number of nitrogen functional groups attached to an aromatic ring is 1. The van der Waals surface area contributed by atoms with Crippen LogP contribution in [0.5, 0.6) is 5.75 Å². The van der Waals surface area contributed by atoms with Crippen molar-refractivity contribution in [3.05, 3.63) is 93.8 Å². The summed E-state index contributed by atoms with van der Waals surface area (Å²) in [5, 5.41) is 11.3. The number of pyridine rings is 1. The van der Waals surface area contributed by atoms with Crippen molar-refractivity contribution in [2.45, 2.75) is 51.5 Å². The van der Waals surface area contributed by atoms with E-state index in [0.29, 0.717) is 30.4 Å². The molecule has 2 aliphatic heterocycles. The van der Waals surface area contributed by atoms with Crippen molar-refractivity contribution in [2.75, 3.05) is 31.9 Å². The number of halogens is 1. The van der Waals surface area contributed by atoms with Crippen LogP contribution in [0.4, 0.5) is 5.69 Å². The lowest BCUT2D eigenvalue weighted by Crippen LogP contribution is -2.38. The molecule has 1 aromatic heterocycles. The zero-order valence-corrected chi connectivity index (χ0v) is 23.9. The van der Waals surface area contributed by atoms with Gasteiger partial charge < -0.3 is 25.3 Å². The summed E-state index contributed by atoms with van der Waals surface area (Å²) in [6.45, 7) is 7.75. The predicted molar refractivity (Wildman–Crippen MR) is 159 cm³/mol. The molecule has 0 aliphatic carbocycles. The maximum Gasteiger partial charge on any atom is 0.134 e. The molecule has 2 aliphatic rings. The maximum atomic E-state index is 11.5. The van der Waals surface area contributed by atoms with E-state index in [9.17, 15) is 9.90 Å². The molecule has 1 saturated heterocycles. The van der Waals surface area contributed by atoms with Crippen molar-refractivity contribution >= 4 is 29.1 Å². The first-order valence-corrected chi connectivity index (χ1v) is 14.2. The zero-order chi connectivity index (χ0) is 28.3. The number of rotatable bonds is 9. The first-order valence-electron chi connectivity index (χ1n) is 13.8. The lowest BCUT2D eigenvalue weighted by molar-refractivity contribution is -0.109. The number of nitrogens with two attached hydrogens (primary N) is 1. The van der Waals surface area contributed by atoms with Crippen molar-refractivity contribution in [1.82, 2.24) is 14.8 Å². The fourth-order valence-corrected chi connectivity index (χ4v) is 5.81. The summed E-state index contributed by atoms with van der Waals surface area (Å²) < 4.78 is 6.13. The summed E-state index contributed by atoms with van der Waals surface area (Å²) in [5.41, 5.74) is 11.7. The van der Waals surface area contributed by atoms with Crippen LogP contribution in [0.25, 0.3) is 5.57 Å². The van der Waals surface area contributed by atoms with Crippen LogP contribution in [0.15, 0.2) is 60.8 Å². The molecule has 3 N–H and O–H groups in total. The minimum atomic E-state index is -0.959. The van der Waals surface area contributed by atoms with Gasteiger partial charge in [-0.3, -0.25) is 9.88 Å². The van der Waals surface area contributed by atoms with Gasteiger partial charge in [0.1, 0.15) is 18.6 Å². The topological polar surface area (TPSA) is 91.9 Å². The van der Waals surface area contributed by atoms with Crippen LogP contribution in [0.1, 0.15) is 54.6 Å². The van der Waals surface area contributed by atoms with Crippen molar-refractivity contribution in [3.8, 4) is 5.75 Å². The molecule has 40 heavy (non-hydrogen) atoms. The summed E-state index contributed by atoms with van der Waals surface area (Å²) in [6, 6.07) is 15.8. The number of carbonyl (C=O) groups excluding carboxylic acids is 1. The summed E-state index contributed by atoms with van der Waals surface area (Å²) in [5.74, 6) is 0.796. The quantitative estimate of drug-likeness (QED) is 0.280. The highest BCUT2D eigenvalue weighted by Crippen LogP contribution is 2.38. The summed E-state index contributed by atoms with van der Waals surface area (Å²) in [7, 11) is 0. The Bertz CT molecular complexity index is 1400. The Labute approximate surface area is 241 Å². The molecule has 0 unspecified atom stereocenters. The Morgan fingerprint density at radius 2 is 2.08 bits per heavy atom. The Hall–Kier alpha value is -3.23. The van der Waals surface area contributed by atoms with Crippen molar-refractivity contribution < 1.29 is 14.6 Å².